The van der Waals surface area contributed by atoms with Gasteiger partial charge in [-0.05, 0) is 94.3 Å². The summed E-state index contributed by atoms with van der Waals surface area (Å²) in [6, 6.07) is 13.6. The average molecular weight is 609 g/mol. The Morgan fingerprint density at radius 1 is 0.930 bits per heavy atom. The first-order valence-electron chi connectivity index (χ1n) is 15.6. The molecule has 0 saturated carbocycles. The lowest BCUT2D eigenvalue weighted by atomic mass is 9.89. The van der Waals surface area contributed by atoms with Crippen molar-refractivity contribution >= 4 is 40.8 Å². The number of nitrogens with two attached hydrogens (primary N) is 1. The van der Waals surface area contributed by atoms with Crippen molar-refractivity contribution in [2.75, 3.05) is 44.2 Å². The number of rotatable bonds is 12. The molecule has 2 aliphatic rings. The van der Waals surface area contributed by atoms with Crippen molar-refractivity contribution in [3.8, 4) is 0 Å². The summed E-state index contributed by atoms with van der Waals surface area (Å²) in [7, 11) is 0. The molecule has 0 aromatic heterocycles. The Kier molecular flexibility index (Phi) is 11.8. The Bertz CT molecular complexity index is 1280. The van der Waals surface area contributed by atoms with Crippen molar-refractivity contribution in [1.29, 1.82) is 0 Å². The number of piperidine rings is 2. The lowest BCUT2D eigenvalue weighted by molar-refractivity contribution is -0.133. The number of hydrogen-bond acceptors (Lipinski definition) is 5. The summed E-state index contributed by atoms with van der Waals surface area (Å²) in [5, 5.41) is 0.660. The molecule has 0 bridgehead atoms. The van der Waals surface area contributed by atoms with Gasteiger partial charge in [0.2, 0.25) is 17.7 Å². The largest absolute Gasteiger partial charge is 0.370 e. The molecule has 2 aromatic carbocycles. The van der Waals surface area contributed by atoms with Crippen LogP contribution in [0.25, 0.3) is 0 Å². The molecule has 0 atom stereocenters. The minimum atomic E-state index is -0.457. The molecular weight excluding hydrogens is 564 g/mol. The van der Waals surface area contributed by atoms with E-state index in [1.165, 1.54) is 5.56 Å². The summed E-state index contributed by atoms with van der Waals surface area (Å²) in [6.45, 7) is 8.43. The maximum absolute atomic E-state index is 13.7. The molecule has 0 unspecified atom stereocenters. The van der Waals surface area contributed by atoms with Crippen molar-refractivity contribution in [2.45, 2.75) is 65.2 Å². The lowest BCUT2D eigenvalue weighted by Gasteiger charge is -2.35. The van der Waals surface area contributed by atoms with Crippen LogP contribution in [-0.2, 0) is 20.8 Å². The molecule has 2 heterocycles. The molecule has 0 radical (unpaired) electrons. The molecule has 9 heteroatoms. The number of nitrogens with zero attached hydrogens (tertiary/aromatic N) is 3. The highest BCUT2D eigenvalue weighted by atomic mass is 35.5. The van der Waals surface area contributed by atoms with Crippen LogP contribution in [0.15, 0.2) is 42.5 Å². The topological polar surface area (TPSA) is 104 Å². The van der Waals surface area contributed by atoms with E-state index in [2.05, 4.69) is 4.90 Å². The zero-order valence-corrected chi connectivity index (χ0v) is 26.3. The van der Waals surface area contributed by atoms with Gasteiger partial charge in [-0.3, -0.25) is 19.2 Å². The number of carbonyl (C=O) groups is 4. The summed E-state index contributed by atoms with van der Waals surface area (Å²) in [6.07, 6.45) is 5.71. The molecule has 0 aliphatic carbocycles. The van der Waals surface area contributed by atoms with Crippen LogP contribution in [0.5, 0.6) is 0 Å². The zero-order chi connectivity index (χ0) is 30.9. The highest BCUT2D eigenvalue weighted by molar-refractivity contribution is 6.31. The van der Waals surface area contributed by atoms with Gasteiger partial charge in [0.1, 0.15) is 0 Å². The summed E-state index contributed by atoms with van der Waals surface area (Å²) in [5.74, 6) is 0.196. The van der Waals surface area contributed by atoms with E-state index >= 15 is 0 Å². The van der Waals surface area contributed by atoms with Crippen molar-refractivity contribution in [2.24, 2.45) is 17.6 Å². The number of halogens is 1. The fraction of sp³-hybridized carbons (Fsp3) is 0.529. The second kappa shape index (κ2) is 15.5. The van der Waals surface area contributed by atoms with Gasteiger partial charge in [0, 0.05) is 61.6 Å². The summed E-state index contributed by atoms with van der Waals surface area (Å²) in [5.41, 5.74) is 8.84. The minimum Gasteiger partial charge on any atom is -0.370 e. The van der Waals surface area contributed by atoms with Gasteiger partial charge in [0.25, 0.3) is 0 Å². The fourth-order valence-corrected chi connectivity index (χ4v) is 6.36. The van der Waals surface area contributed by atoms with E-state index in [9.17, 15) is 19.2 Å². The average Bonchev–Trinajstić information content (AvgIpc) is 3.00. The molecule has 43 heavy (non-hydrogen) atoms. The monoisotopic (exact) mass is 608 g/mol. The van der Waals surface area contributed by atoms with E-state index in [1.54, 1.807) is 6.92 Å². The molecule has 3 amide bonds. The third-order valence-corrected chi connectivity index (χ3v) is 9.39. The maximum Gasteiger partial charge on any atom is 0.230 e. The highest BCUT2D eigenvalue weighted by Gasteiger charge is 2.30. The third-order valence-electron chi connectivity index (χ3n) is 8.98. The Hall–Kier alpha value is -3.23. The molecule has 232 valence electrons. The van der Waals surface area contributed by atoms with E-state index in [0.717, 1.165) is 56.6 Å². The van der Waals surface area contributed by atoms with Gasteiger partial charge in [-0.25, -0.2) is 0 Å². The molecule has 0 spiro atoms. The van der Waals surface area contributed by atoms with Gasteiger partial charge in [-0.15, -0.1) is 0 Å². The Balaban J connectivity index is 1.26. The van der Waals surface area contributed by atoms with E-state index in [4.69, 9.17) is 17.3 Å². The Labute approximate surface area is 260 Å². The van der Waals surface area contributed by atoms with Crippen LogP contribution in [0.4, 0.5) is 5.69 Å². The lowest BCUT2D eigenvalue weighted by Crippen LogP contribution is -2.45. The van der Waals surface area contributed by atoms with Crippen molar-refractivity contribution in [3.63, 3.8) is 0 Å². The first-order valence-corrected chi connectivity index (χ1v) is 15.9. The maximum atomic E-state index is 13.7. The number of hydrogen-bond donors (Lipinski definition) is 1. The number of primary amides is 1. The number of Topliss-reactive ketones (excluding diaryl/α,β-unsaturated/α-hetero) is 1. The normalized spacial score (nSPS) is 16.7. The molecule has 2 saturated heterocycles. The quantitative estimate of drug-likeness (QED) is 0.340. The van der Waals surface area contributed by atoms with Crippen LogP contribution in [0.3, 0.4) is 0 Å². The highest BCUT2D eigenvalue weighted by Crippen LogP contribution is 2.28. The van der Waals surface area contributed by atoms with Gasteiger partial charge in [0.05, 0.1) is 0 Å². The summed E-state index contributed by atoms with van der Waals surface area (Å²) in [4.78, 5) is 54.9. The first-order chi connectivity index (χ1) is 20.6. The van der Waals surface area contributed by atoms with E-state index in [-0.39, 0.29) is 36.4 Å². The van der Waals surface area contributed by atoms with Crippen LogP contribution in [0.2, 0.25) is 5.02 Å². The molecule has 4 rings (SSSR count). The molecule has 2 fully saturated rings. The zero-order valence-electron chi connectivity index (χ0n) is 25.5. The van der Waals surface area contributed by atoms with E-state index in [0.29, 0.717) is 49.0 Å². The number of benzene rings is 2. The second-order valence-corrected chi connectivity index (χ2v) is 12.5. The van der Waals surface area contributed by atoms with Crippen molar-refractivity contribution in [3.05, 3.63) is 64.2 Å². The number of anilines is 1. The number of aryl methyl sites for hydroxylation is 1. The summed E-state index contributed by atoms with van der Waals surface area (Å²) < 4.78 is 0. The standard InChI is InChI=1S/C34H45ClN4O4/c1-24-4-9-30(23-31(24)35)39(34(43)29-14-20-38(21-15-29)25(2)40)17-3-16-37-18-12-27(13-19-37)22-26-5-7-28(8-6-26)32(41)10-11-33(36)42/h4-9,23,27,29H,3,10-22H2,1-2H3,(H2,36,42). The van der Waals surface area contributed by atoms with Crippen molar-refractivity contribution in [1.82, 2.24) is 9.80 Å². The molecule has 2 aromatic rings. The fourth-order valence-electron chi connectivity index (χ4n) is 6.19. The predicted octanol–water partition coefficient (Wildman–Crippen LogP) is 5.03. The van der Waals surface area contributed by atoms with Crippen LogP contribution in [-0.4, -0.2) is 72.6 Å². The summed E-state index contributed by atoms with van der Waals surface area (Å²) >= 11 is 6.45. The van der Waals surface area contributed by atoms with Gasteiger partial charge >= 0.3 is 0 Å². The molecular formula is C34H45ClN4O4. The molecule has 2 N–H and O–H groups in total. The smallest absolute Gasteiger partial charge is 0.230 e. The van der Waals surface area contributed by atoms with Crippen LogP contribution < -0.4 is 10.6 Å². The van der Waals surface area contributed by atoms with Gasteiger partial charge < -0.3 is 20.4 Å². The third kappa shape index (κ3) is 9.38. The van der Waals surface area contributed by atoms with E-state index in [1.807, 2.05) is 59.2 Å². The van der Waals surface area contributed by atoms with Gasteiger partial charge in [0.15, 0.2) is 5.78 Å². The number of likely N-dealkylation sites (tertiary alicyclic amines) is 2. The number of carbonyl (C=O) groups excluding carboxylic acids is 4. The van der Waals surface area contributed by atoms with E-state index < -0.39 is 5.91 Å². The Morgan fingerprint density at radius 3 is 2.21 bits per heavy atom. The van der Waals surface area contributed by atoms with Gasteiger partial charge in [-0.2, -0.15) is 0 Å². The first kappa shape index (κ1) is 32.7. The van der Waals surface area contributed by atoms with Crippen LogP contribution >= 0.6 is 11.6 Å². The second-order valence-electron chi connectivity index (χ2n) is 12.1. The van der Waals surface area contributed by atoms with Crippen LogP contribution in [0, 0.1) is 18.8 Å². The van der Waals surface area contributed by atoms with Crippen molar-refractivity contribution < 1.29 is 19.2 Å². The number of ketones is 1. The Morgan fingerprint density at radius 2 is 1.60 bits per heavy atom. The van der Waals surface area contributed by atoms with Crippen LogP contribution in [0.1, 0.15) is 73.4 Å². The van der Waals surface area contributed by atoms with Gasteiger partial charge in [-0.1, -0.05) is 41.9 Å². The minimum absolute atomic E-state index is 0.0530. The predicted molar refractivity (Wildman–Crippen MR) is 170 cm³/mol. The SMILES string of the molecule is CC(=O)N1CCC(C(=O)N(CCCN2CCC(Cc3ccc(C(=O)CCC(N)=O)cc3)CC2)c2ccc(C)c(Cl)c2)CC1. The molecule has 2 aliphatic heterocycles. The molecule has 8 nitrogen and oxygen atoms in total. The number of amides is 3.